The Bertz CT molecular complexity index is 3310. The van der Waals surface area contributed by atoms with Crippen LogP contribution in [0.25, 0.3) is 0 Å². The summed E-state index contributed by atoms with van der Waals surface area (Å²) in [6.45, 7) is 0. The minimum Gasteiger partial charge on any atom is -0.0617 e. The molecule has 16 aliphatic rings. The molecule has 16 aliphatic carbocycles. The van der Waals surface area contributed by atoms with Crippen molar-refractivity contribution >= 4 is 0 Å². The Morgan fingerprint density at radius 2 is 0.113 bits per heavy atom. The smallest absolute Gasteiger partial charge is 0.0249 e. The highest BCUT2D eigenvalue weighted by atomic mass is 14.0. The van der Waals surface area contributed by atoms with E-state index in [0.29, 0.717) is 0 Å². The minimum atomic E-state index is 0.914. The SMILES string of the molecule is C1#Cc2ccc(cc2)C#Cc2ccc(cc2)C#Cc2ccc(cc2)C#Cc2ccc(cc2)C#Cc2ccc(cc2)C#Cc2ccc(cc2)C#Cc2ccc(cc2)C#Cc2ccc(cc2)C#Cc2ccc(cc2)C#Cc2ccc1cc2. The van der Waals surface area contributed by atoms with E-state index in [-0.39, 0.29) is 0 Å². The molecule has 0 unspecified atom stereocenters. The van der Waals surface area contributed by atoms with Crippen molar-refractivity contribution in [3.63, 3.8) is 0 Å². The van der Waals surface area contributed by atoms with Crippen molar-refractivity contribution in [1.82, 2.24) is 0 Å². The second-order valence-corrected chi connectivity index (χ2v) is 18.3. The average molecular weight is 1000 g/mol. The van der Waals surface area contributed by atoms with Gasteiger partial charge in [0.15, 0.2) is 0 Å². The molecule has 80 heavy (non-hydrogen) atoms. The molecule has 0 nitrogen and oxygen atoms in total. The summed E-state index contributed by atoms with van der Waals surface area (Å²) in [4.78, 5) is 0. The van der Waals surface area contributed by atoms with Crippen molar-refractivity contribution in [2.75, 3.05) is 0 Å². The molecule has 0 heterocycles. The Morgan fingerprint density at radius 1 is 0.0750 bits per heavy atom. The fourth-order valence-corrected chi connectivity index (χ4v) is 7.81. The molecule has 20 bridgehead atoms. The van der Waals surface area contributed by atoms with Crippen molar-refractivity contribution in [3.8, 4) is 118 Å². The van der Waals surface area contributed by atoms with Gasteiger partial charge in [0.25, 0.3) is 0 Å². The summed E-state index contributed by atoms with van der Waals surface area (Å²) in [6, 6.07) is 79.8. The Labute approximate surface area is 469 Å². The predicted molar refractivity (Wildman–Crippen MR) is 324 cm³/mol. The van der Waals surface area contributed by atoms with E-state index >= 15 is 0 Å². The van der Waals surface area contributed by atoms with Gasteiger partial charge in [-0.05, 0) is 243 Å². The summed E-state index contributed by atoms with van der Waals surface area (Å²) in [7, 11) is 0. The standard InChI is InChI=1S/C80H40/c1-2-62-4-3-61(1)41-42-63-5-7-65(8-6-63)45-46-67-13-15-69(16-14-67)49-50-71-21-23-73(24-22-71)53-54-75-29-31-77(32-30-75)57-58-79-37-39-80(40-38-79)60-59-78-35-33-76(34-36-78)56-55-74-27-25-72(26-28-74)52-51-70-19-17-68(18-20-70)48-47-66-11-9-64(10-12-66)44-43-62/h1-40H. The molecule has 0 aromatic heterocycles. The summed E-state index contributed by atoms with van der Waals surface area (Å²) < 4.78 is 0. The van der Waals surface area contributed by atoms with Gasteiger partial charge in [0, 0.05) is 111 Å². The molecule has 0 saturated carbocycles. The van der Waals surface area contributed by atoms with Gasteiger partial charge < -0.3 is 0 Å². The molecule has 360 valence electrons. The summed E-state index contributed by atoms with van der Waals surface area (Å²) in [6.07, 6.45) is 0. The van der Waals surface area contributed by atoms with Crippen LogP contribution in [-0.2, 0) is 0 Å². The first-order valence-corrected chi connectivity index (χ1v) is 25.7. The summed E-state index contributed by atoms with van der Waals surface area (Å²) in [5, 5.41) is 0. The van der Waals surface area contributed by atoms with Crippen molar-refractivity contribution in [3.05, 3.63) is 354 Å². The molecule has 26 rings (SSSR count). The number of benzene rings is 10. The quantitative estimate of drug-likeness (QED) is 0.133. The van der Waals surface area contributed by atoms with Crippen LogP contribution >= 0.6 is 0 Å². The van der Waals surface area contributed by atoms with Crippen molar-refractivity contribution in [1.29, 1.82) is 0 Å². The first-order chi connectivity index (χ1) is 39.5. The molecule has 0 fully saturated rings. The lowest BCUT2D eigenvalue weighted by atomic mass is 10.1. The van der Waals surface area contributed by atoms with E-state index in [1.54, 1.807) is 0 Å². The minimum absolute atomic E-state index is 0.914. The van der Waals surface area contributed by atoms with Gasteiger partial charge >= 0.3 is 0 Å². The van der Waals surface area contributed by atoms with Crippen LogP contribution in [0.1, 0.15) is 111 Å². The van der Waals surface area contributed by atoms with Gasteiger partial charge in [-0.1, -0.05) is 118 Å². The third kappa shape index (κ3) is 14.6. The maximum absolute atomic E-state index is 3.26. The van der Waals surface area contributed by atoms with E-state index in [0.717, 1.165) is 111 Å². The number of hydrogen-bond donors (Lipinski definition) is 0. The zero-order chi connectivity index (χ0) is 54.0. The maximum Gasteiger partial charge on any atom is 0.0249 e. The van der Waals surface area contributed by atoms with E-state index in [9.17, 15) is 0 Å². The maximum atomic E-state index is 3.26. The molecule has 0 saturated heterocycles. The summed E-state index contributed by atoms with van der Waals surface area (Å²) >= 11 is 0. The lowest BCUT2D eigenvalue weighted by Gasteiger charge is -1.95. The Balaban J connectivity index is 0.778. The molecule has 0 heteroatoms. The molecule has 10 aromatic rings. The lowest BCUT2D eigenvalue weighted by Crippen LogP contribution is -1.82. The van der Waals surface area contributed by atoms with Crippen LogP contribution in [0.2, 0.25) is 0 Å². The molecule has 0 amide bonds. The van der Waals surface area contributed by atoms with Gasteiger partial charge in [0.2, 0.25) is 0 Å². The first-order valence-electron chi connectivity index (χ1n) is 25.7. The Hall–Kier alpha value is -12.2. The fraction of sp³-hybridized carbons (Fsp3) is 0. The van der Waals surface area contributed by atoms with Crippen LogP contribution in [0.15, 0.2) is 243 Å². The van der Waals surface area contributed by atoms with Gasteiger partial charge in [-0.2, -0.15) is 0 Å². The Kier molecular flexibility index (Phi) is 15.5. The monoisotopic (exact) mass is 1000 g/mol. The van der Waals surface area contributed by atoms with E-state index in [4.69, 9.17) is 0 Å². The molecular formula is C80H40. The van der Waals surface area contributed by atoms with Crippen LogP contribution < -0.4 is 0 Å². The average Bonchev–Trinajstić information content (AvgIpc) is 3.52. The van der Waals surface area contributed by atoms with Gasteiger partial charge in [0.1, 0.15) is 0 Å². The van der Waals surface area contributed by atoms with Gasteiger partial charge in [-0.3, -0.25) is 0 Å². The van der Waals surface area contributed by atoms with Crippen molar-refractivity contribution in [2.24, 2.45) is 0 Å². The molecular weight excluding hydrogens is 961 g/mol. The third-order valence-corrected chi connectivity index (χ3v) is 12.4. The van der Waals surface area contributed by atoms with Gasteiger partial charge in [-0.15, -0.1) is 0 Å². The molecule has 0 aliphatic heterocycles. The topological polar surface area (TPSA) is 0 Å². The first kappa shape index (κ1) is 50.0. The highest BCUT2D eigenvalue weighted by Gasteiger charge is 1.99. The second-order valence-electron chi connectivity index (χ2n) is 18.3. The van der Waals surface area contributed by atoms with Crippen LogP contribution in [-0.4, -0.2) is 0 Å². The van der Waals surface area contributed by atoms with E-state index in [1.807, 2.05) is 243 Å². The molecule has 0 N–H and O–H groups in total. The van der Waals surface area contributed by atoms with Crippen molar-refractivity contribution in [2.45, 2.75) is 0 Å². The van der Waals surface area contributed by atoms with E-state index in [1.165, 1.54) is 0 Å². The molecule has 10 aromatic carbocycles. The summed E-state index contributed by atoms with van der Waals surface area (Å²) in [5.74, 6) is 65.3. The normalized spacial score (nSPS) is 10.5. The van der Waals surface area contributed by atoms with Crippen LogP contribution in [0.4, 0.5) is 0 Å². The van der Waals surface area contributed by atoms with E-state index in [2.05, 4.69) is 118 Å². The lowest BCUT2D eigenvalue weighted by molar-refractivity contribution is 1.56. The summed E-state index contributed by atoms with van der Waals surface area (Å²) in [5.41, 5.74) is 18.3. The predicted octanol–water partition coefficient (Wildman–Crippen LogP) is 14.0. The zero-order valence-electron chi connectivity index (χ0n) is 43.1. The highest BCUT2D eigenvalue weighted by molar-refractivity contribution is 5.56. The van der Waals surface area contributed by atoms with E-state index < -0.39 is 0 Å². The van der Waals surface area contributed by atoms with Crippen LogP contribution in [0.3, 0.4) is 0 Å². The number of rotatable bonds is 0. The Morgan fingerprint density at radius 3 is 0.150 bits per heavy atom. The molecule has 0 atom stereocenters. The van der Waals surface area contributed by atoms with Crippen LogP contribution in [0, 0.1) is 118 Å². The highest BCUT2D eigenvalue weighted by Crippen LogP contribution is 2.13. The van der Waals surface area contributed by atoms with Crippen LogP contribution in [0.5, 0.6) is 0 Å². The van der Waals surface area contributed by atoms with Gasteiger partial charge in [-0.25, -0.2) is 0 Å². The molecule has 0 spiro atoms. The molecule has 0 radical (unpaired) electrons. The second kappa shape index (κ2) is 24.9. The zero-order valence-corrected chi connectivity index (χ0v) is 43.1. The van der Waals surface area contributed by atoms with Crippen molar-refractivity contribution < 1.29 is 0 Å². The van der Waals surface area contributed by atoms with Gasteiger partial charge in [0.05, 0.1) is 0 Å². The largest absolute Gasteiger partial charge is 0.0617 e. The fourth-order valence-electron chi connectivity index (χ4n) is 7.81. The number of hydrogen-bond acceptors (Lipinski definition) is 0. The third-order valence-electron chi connectivity index (χ3n) is 12.4.